The molecule has 2 aromatic rings. The number of hydrogen-bond donors (Lipinski definition) is 0. The SMILES string of the molecule is COc1cc(Br)c(C#Cc2cc(OC)c(OC)cc2Br)cc1OC. The van der Waals surface area contributed by atoms with Crippen LogP contribution in [0.5, 0.6) is 23.0 Å². The van der Waals surface area contributed by atoms with Crippen LogP contribution in [0.4, 0.5) is 0 Å². The van der Waals surface area contributed by atoms with Crippen LogP contribution in [0, 0.1) is 11.8 Å². The monoisotopic (exact) mass is 454 g/mol. The lowest BCUT2D eigenvalue weighted by Crippen LogP contribution is -1.93. The predicted molar refractivity (Wildman–Crippen MR) is 100 cm³/mol. The van der Waals surface area contributed by atoms with Gasteiger partial charge in [0.05, 0.1) is 28.4 Å². The van der Waals surface area contributed by atoms with Crippen LogP contribution in [-0.4, -0.2) is 28.4 Å². The zero-order valence-electron chi connectivity index (χ0n) is 13.7. The Morgan fingerprint density at radius 1 is 0.583 bits per heavy atom. The summed E-state index contributed by atoms with van der Waals surface area (Å²) >= 11 is 7.00. The highest BCUT2D eigenvalue weighted by molar-refractivity contribution is 9.10. The zero-order chi connectivity index (χ0) is 17.7. The molecule has 6 heteroatoms. The van der Waals surface area contributed by atoms with E-state index < -0.39 is 0 Å². The minimum absolute atomic E-state index is 0.622. The Bertz CT molecular complexity index is 741. The minimum atomic E-state index is 0.622. The maximum absolute atomic E-state index is 5.32. The smallest absolute Gasteiger partial charge is 0.162 e. The van der Waals surface area contributed by atoms with E-state index in [1.807, 2.05) is 24.3 Å². The molecule has 0 aliphatic rings. The van der Waals surface area contributed by atoms with E-state index in [0.717, 1.165) is 20.1 Å². The van der Waals surface area contributed by atoms with E-state index in [2.05, 4.69) is 43.7 Å². The lowest BCUT2D eigenvalue weighted by Gasteiger charge is -2.09. The number of halogens is 2. The van der Waals surface area contributed by atoms with Crippen LogP contribution in [-0.2, 0) is 0 Å². The summed E-state index contributed by atoms with van der Waals surface area (Å²) in [7, 11) is 6.37. The highest BCUT2D eigenvalue weighted by Crippen LogP contribution is 2.34. The summed E-state index contributed by atoms with van der Waals surface area (Å²) in [5.74, 6) is 8.78. The van der Waals surface area contributed by atoms with Gasteiger partial charge < -0.3 is 18.9 Å². The lowest BCUT2D eigenvalue weighted by atomic mass is 10.1. The van der Waals surface area contributed by atoms with Crippen molar-refractivity contribution in [3.05, 3.63) is 44.3 Å². The summed E-state index contributed by atoms with van der Waals surface area (Å²) in [6.45, 7) is 0. The van der Waals surface area contributed by atoms with Crippen LogP contribution < -0.4 is 18.9 Å². The fourth-order valence-corrected chi connectivity index (χ4v) is 2.88. The normalized spacial score (nSPS) is 9.75. The molecular formula is C18H16Br2O4. The molecule has 0 unspecified atom stereocenters. The van der Waals surface area contributed by atoms with Crippen LogP contribution in [0.25, 0.3) is 0 Å². The summed E-state index contributed by atoms with van der Waals surface area (Å²) in [5, 5.41) is 0. The van der Waals surface area contributed by atoms with Crippen LogP contribution in [0.15, 0.2) is 33.2 Å². The molecular weight excluding hydrogens is 440 g/mol. The van der Waals surface area contributed by atoms with Crippen molar-refractivity contribution in [1.29, 1.82) is 0 Å². The van der Waals surface area contributed by atoms with Crippen LogP contribution in [0.1, 0.15) is 11.1 Å². The number of benzene rings is 2. The van der Waals surface area contributed by atoms with E-state index in [1.165, 1.54) is 0 Å². The first kappa shape index (κ1) is 18.5. The zero-order valence-corrected chi connectivity index (χ0v) is 16.9. The predicted octanol–water partition coefficient (Wildman–Crippen LogP) is 4.65. The number of hydrogen-bond acceptors (Lipinski definition) is 4. The Kier molecular flexibility index (Phi) is 6.41. The van der Waals surface area contributed by atoms with Gasteiger partial charge in [0.25, 0.3) is 0 Å². The van der Waals surface area contributed by atoms with Gasteiger partial charge in [0.15, 0.2) is 23.0 Å². The van der Waals surface area contributed by atoms with Crippen molar-refractivity contribution >= 4 is 31.9 Å². The summed E-state index contributed by atoms with van der Waals surface area (Å²) in [4.78, 5) is 0. The molecule has 0 spiro atoms. The molecule has 0 aliphatic heterocycles. The average molecular weight is 456 g/mol. The van der Waals surface area contributed by atoms with E-state index in [4.69, 9.17) is 18.9 Å². The lowest BCUT2D eigenvalue weighted by molar-refractivity contribution is 0.354. The van der Waals surface area contributed by atoms with Gasteiger partial charge in [-0.25, -0.2) is 0 Å². The molecule has 0 aliphatic carbocycles. The Balaban J connectivity index is 2.47. The van der Waals surface area contributed by atoms with E-state index >= 15 is 0 Å². The van der Waals surface area contributed by atoms with Gasteiger partial charge in [-0.15, -0.1) is 0 Å². The molecule has 0 fully saturated rings. The standard InChI is InChI=1S/C18H16Br2O4/c1-21-15-7-11(13(19)9-17(15)23-3)5-6-12-8-16(22-2)18(24-4)10-14(12)20/h7-10H,1-4H3. The fraction of sp³-hybridized carbons (Fsp3) is 0.222. The van der Waals surface area contributed by atoms with Gasteiger partial charge >= 0.3 is 0 Å². The van der Waals surface area contributed by atoms with Crippen molar-refractivity contribution in [3.63, 3.8) is 0 Å². The Morgan fingerprint density at radius 2 is 0.875 bits per heavy atom. The third kappa shape index (κ3) is 3.97. The maximum Gasteiger partial charge on any atom is 0.162 e. The number of rotatable bonds is 4. The molecule has 0 amide bonds. The van der Waals surface area contributed by atoms with Gasteiger partial charge in [0.2, 0.25) is 0 Å². The van der Waals surface area contributed by atoms with Crippen molar-refractivity contribution in [2.24, 2.45) is 0 Å². The number of ether oxygens (including phenoxy) is 4. The molecule has 0 aromatic heterocycles. The average Bonchev–Trinajstić information content (AvgIpc) is 2.60. The second-order valence-corrected chi connectivity index (χ2v) is 6.33. The van der Waals surface area contributed by atoms with Gasteiger partial charge in [0.1, 0.15) is 0 Å². The summed E-state index contributed by atoms with van der Waals surface area (Å²) < 4.78 is 22.8. The molecule has 0 atom stereocenters. The Hall–Kier alpha value is -1.84. The van der Waals surface area contributed by atoms with Crippen molar-refractivity contribution in [2.75, 3.05) is 28.4 Å². The van der Waals surface area contributed by atoms with Crippen molar-refractivity contribution < 1.29 is 18.9 Å². The van der Waals surface area contributed by atoms with Crippen LogP contribution >= 0.6 is 31.9 Å². The molecule has 24 heavy (non-hydrogen) atoms. The van der Waals surface area contributed by atoms with Crippen LogP contribution in [0.3, 0.4) is 0 Å². The molecule has 0 radical (unpaired) electrons. The highest BCUT2D eigenvalue weighted by Gasteiger charge is 2.10. The molecule has 0 N–H and O–H groups in total. The van der Waals surface area contributed by atoms with Gasteiger partial charge in [-0.1, -0.05) is 11.8 Å². The van der Waals surface area contributed by atoms with Crippen LogP contribution in [0.2, 0.25) is 0 Å². The molecule has 2 aromatic carbocycles. The third-order valence-electron chi connectivity index (χ3n) is 3.28. The van der Waals surface area contributed by atoms with E-state index in [1.54, 1.807) is 28.4 Å². The topological polar surface area (TPSA) is 36.9 Å². The first-order valence-electron chi connectivity index (χ1n) is 6.89. The Labute approximate surface area is 158 Å². The molecule has 4 nitrogen and oxygen atoms in total. The van der Waals surface area contributed by atoms with E-state index in [0.29, 0.717) is 23.0 Å². The number of methoxy groups -OCH3 is 4. The van der Waals surface area contributed by atoms with Gasteiger partial charge in [-0.2, -0.15) is 0 Å². The van der Waals surface area contributed by atoms with Gasteiger partial charge in [0, 0.05) is 32.2 Å². The molecule has 0 bridgehead atoms. The molecule has 0 saturated heterocycles. The summed E-state index contributed by atoms with van der Waals surface area (Å²) in [6.07, 6.45) is 0. The highest BCUT2D eigenvalue weighted by atomic mass is 79.9. The third-order valence-corrected chi connectivity index (χ3v) is 4.59. The minimum Gasteiger partial charge on any atom is -0.493 e. The largest absolute Gasteiger partial charge is 0.493 e. The second-order valence-electron chi connectivity index (χ2n) is 4.62. The summed E-state index contributed by atoms with van der Waals surface area (Å²) in [5.41, 5.74) is 1.57. The van der Waals surface area contributed by atoms with Crippen molar-refractivity contribution in [3.8, 4) is 34.8 Å². The van der Waals surface area contributed by atoms with Gasteiger partial charge in [-0.05, 0) is 44.0 Å². The quantitative estimate of drug-likeness (QED) is 0.629. The molecule has 126 valence electrons. The molecule has 2 rings (SSSR count). The Morgan fingerprint density at radius 3 is 1.17 bits per heavy atom. The van der Waals surface area contributed by atoms with E-state index in [9.17, 15) is 0 Å². The first-order valence-corrected chi connectivity index (χ1v) is 8.47. The van der Waals surface area contributed by atoms with E-state index in [-0.39, 0.29) is 0 Å². The van der Waals surface area contributed by atoms with Crippen molar-refractivity contribution in [2.45, 2.75) is 0 Å². The summed E-state index contributed by atoms with van der Waals surface area (Å²) in [6, 6.07) is 7.30. The molecule has 0 saturated carbocycles. The maximum atomic E-state index is 5.32. The second kappa shape index (κ2) is 8.32. The molecule has 0 heterocycles. The van der Waals surface area contributed by atoms with Gasteiger partial charge in [-0.3, -0.25) is 0 Å². The van der Waals surface area contributed by atoms with Crippen molar-refractivity contribution in [1.82, 2.24) is 0 Å². The fourth-order valence-electron chi connectivity index (χ4n) is 2.03. The first-order chi connectivity index (χ1) is 11.5.